The highest BCUT2D eigenvalue weighted by atomic mass is 32.1. The van der Waals surface area contributed by atoms with Gasteiger partial charge >= 0.3 is 0 Å². The van der Waals surface area contributed by atoms with Crippen molar-refractivity contribution < 1.29 is 4.42 Å². The third-order valence-corrected chi connectivity index (χ3v) is 4.45. The van der Waals surface area contributed by atoms with Crippen molar-refractivity contribution in [2.75, 3.05) is 0 Å². The van der Waals surface area contributed by atoms with Crippen molar-refractivity contribution in [2.24, 2.45) is 0 Å². The van der Waals surface area contributed by atoms with Gasteiger partial charge in [-0.15, -0.1) is 11.3 Å². The number of nitrogens with zero attached hydrogens (tertiary/aromatic N) is 3. The molecule has 0 unspecified atom stereocenters. The van der Waals surface area contributed by atoms with Crippen LogP contribution in [0.1, 0.15) is 11.3 Å². The Morgan fingerprint density at radius 2 is 2.22 bits per heavy atom. The highest BCUT2D eigenvalue weighted by Gasteiger charge is 2.10. The summed E-state index contributed by atoms with van der Waals surface area (Å²) >= 11 is 1.57. The van der Waals surface area contributed by atoms with Crippen molar-refractivity contribution in [2.45, 2.75) is 13.5 Å². The second-order valence-corrected chi connectivity index (χ2v) is 6.27. The summed E-state index contributed by atoms with van der Waals surface area (Å²) in [6, 6.07) is 9.57. The van der Waals surface area contributed by atoms with Crippen LogP contribution in [0.2, 0.25) is 0 Å². The lowest BCUT2D eigenvalue weighted by Crippen LogP contribution is -2.21. The molecule has 0 aliphatic rings. The first-order chi connectivity index (χ1) is 11.2. The Hall–Kier alpha value is -2.73. The number of fused-ring (bicyclic) bond motifs is 1. The van der Waals surface area contributed by atoms with Crippen molar-refractivity contribution in [3.05, 3.63) is 69.9 Å². The van der Waals surface area contributed by atoms with E-state index in [-0.39, 0.29) is 5.56 Å². The molecule has 1 aromatic carbocycles. The van der Waals surface area contributed by atoms with Crippen LogP contribution in [0.25, 0.3) is 21.7 Å². The quantitative estimate of drug-likeness (QED) is 0.579. The number of oxazole rings is 1. The molecule has 114 valence electrons. The van der Waals surface area contributed by atoms with E-state index in [4.69, 9.17) is 4.42 Å². The summed E-state index contributed by atoms with van der Waals surface area (Å²) in [5, 5.41) is 2.59. The standard InChI is InChI=1S/C17H13N3O2S/c1-11-4-5-14-13(7-11)17(21)20(10-18-14)8-12-9-22-16(19-12)15-3-2-6-23-15/h2-7,9-10H,8H2,1H3. The minimum absolute atomic E-state index is 0.0700. The Morgan fingerprint density at radius 3 is 3.04 bits per heavy atom. The third kappa shape index (κ3) is 2.57. The SMILES string of the molecule is Cc1ccc2ncn(Cc3coc(-c4cccs4)n3)c(=O)c2c1. The van der Waals surface area contributed by atoms with E-state index in [1.807, 2.05) is 42.6 Å². The molecule has 0 atom stereocenters. The Balaban J connectivity index is 1.70. The highest BCUT2D eigenvalue weighted by molar-refractivity contribution is 7.13. The molecular weight excluding hydrogens is 310 g/mol. The van der Waals surface area contributed by atoms with Crippen LogP contribution in [0.5, 0.6) is 0 Å². The van der Waals surface area contributed by atoms with Crippen LogP contribution in [0, 0.1) is 6.92 Å². The fraction of sp³-hybridized carbons (Fsp3) is 0.118. The topological polar surface area (TPSA) is 60.9 Å². The molecule has 0 bridgehead atoms. The zero-order valence-corrected chi connectivity index (χ0v) is 13.2. The van der Waals surface area contributed by atoms with Gasteiger partial charge in [0.1, 0.15) is 6.26 Å². The van der Waals surface area contributed by atoms with E-state index in [9.17, 15) is 4.79 Å². The van der Waals surface area contributed by atoms with Gasteiger partial charge in [0.2, 0.25) is 5.89 Å². The molecule has 4 aromatic rings. The maximum absolute atomic E-state index is 12.6. The number of aryl methyl sites for hydroxylation is 1. The molecular formula is C17H13N3O2S. The molecule has 3 heterocycles. The molecule has 0 aliphatic heterocycles. The van der Waals surface area contributed by atoms with Crippen molar-refractivity contribution in [1.29, 1.82) is 0 Å². The van der Waals surface area contributed by atoms with Crippen LogP contribution < -0.4 is 5.56 Å². The van der Waals surface area contributed by atoms with Gasteiger partial charge in [0.05, 0.1) is 34.3 Å². The molecule has 0 spiro atoms. The Morgan fingerprint density at radius 1 is 1.30 bits per heavy atom. The van der Waals surface area contributed by atoms with Crippen LogP contribution in [-0.4, -0.2) is 14.5 Å². The average molecular weight is 323 g/mol. The number of rotatable bonds is 3. The fourth-order valence-electron chi connectivity index (χ4n) is 2.45. The van der Waals surface area contributed by atoms with E-state index < -0.39 is 0 Å². The predicted octanol–water partition coefficient (Wildman–Crippen LogP) is 3.47. The smallest absolute Gasteiger partial charge is 0.261 e. The van der Waals surface area contributed by atoms with Gasteiger partial charge in [0, 0.05) is 0 Å². The van der Waals surface area contributed by atoms with Crippen LogP contribution in [0.15, 0.2) is 57.5 Å². The van der Waals surface area contributed by atoms with Crippen LogP contribution >= 0.6 is 11.3 Å². The van der Waals surface area contributed by atoms with Crippen molar-refractivity contribution in [1.82, 2.24) is 14.5 Å². The van der Waals surface area contributed by atoms with Gasteiger partial charge in [0.15, 0.2) is 0 Å². The summed E-state index contributed by atoms with van der Waals surface area (Å²) in [6.45, 7) is 2.30. The summed E-state index contributed by atoms with van der Waals surface area (Å²) in [6.07, 6.45) is 3.14. The van der Waals surface area contributed by atoms with Gasteiger partial charge < -0.3 is 4.42 Å². The number of benzene rings is 1. The molecule has 0 N–H and O–H groups in total. The first-order valence-electron chi connectivity index (χ1n) is 7.15. The number of aromatic nitrogens is 3. The van der Waals surface area contributed by atoms with Gasteiger partial charge in [0.25, 0.3) is 5.56 Å². The van der Waals surface area contributed by atoms with Gasteiger partial charge in [-0.05, 0) is 30.5 Å². The summed E-state index contributed by atoms with van der Waals surface area (Å²) < 4.78 is 7.04. The summed E-state index contributed by atoms with van der Waals surface area (Å²) in [5.41, 5.74) is 2.37. The molecule has 0 saturated heterocycles. The molecule has 6 heteroatoms. The van der Waals surface area contributed by atoms with Gasteiger partial charge in [-0.2, -0.15) is 0 Å². The first-order valence-corrected chi connectivity index (χ1v) is 8.03. The highest BCUT2D eigenvalue weighted by Crippen LogP contribution is 2.23. The van der Waals surface area contributed by atoms with Crippen molar-refractivity contribution in [3.63, 3.8) is 0 Å². The van der Waals surface area contributed by atoms with E-state index in [0.717, 1.165) is 10.4 Å². The first kappa shape index (κ1) is 13.9. The lowest BCUT2D eigenvalue weighted by atomic mass is 10.2. The lowest BCUT2D eigenvalue weighted by molar-refractivity contribution is 0.572. The maximum Gasteiger partial charge on any atom is 0.261 e. The zero-order valence-electron chi connectivity index (χ0n) is 12.4. The monoisotopic (exact) mass is 323 g/mol. The lowest BCUT2D eigenvalue weighted by Gasteiger charge is -2.04. The Bertz CT molecular complexity index is 1030. The molecule has 23 heavy (non-hydrogen) atoms. The van der Waals surface area contributed by atoms with Gasteiger partial charge in [-0.3, -0.25) is 9.36 Å². The predicted molar refractivity (Wildman–Crippen MR) is 89.7 cm³/mol. The molecule has 0 radical (unpaired) electrons. The summed E-state index contributed by atoms with van der Waals surface area (Å²) in [7, 11) is 0. The van der Waals surface area contributed by atoms with Gasteiger partial charge in [-0.1, -0.05) is 17.7 Å². The van der Waals surface area contributed by atoms with E-state index in [1.54, 1.807) is 28.5 Å². The second kappa shape index (κ2) is 5.48. The number of hydrogen-bond donors (Lipinski definition) is 0. The third-order valence-electron chi connectivity index (χ3n) is 3.60. The molecule has 4 rings (SSSR count). The van der Waals surface area contributed by atoms with Crippen LogP contribution in [0.3, 0.4) is 0 Å². The summed E-state index contributed by atoms with van der Waals surface area (Å²) in [4.78, 5) is 22.3. The molecule has 0 aliphatic carbocycles. The molecule has 0 saturated carbocycles. The van der Waals surface area contributed by atoms with Crippen LogP contribution in [0.4, 0.5) is 0 Å². The molecule has 5 nitrogen and oxygen atoms in total. The number of thiophene rings is 1. The van der Waals surface area contributed by atoms with E-state index in [1.165, 1.54) is 0 Å². The minimum Gasteiger partial charge on any atom is -0.443 e. The van der Waals surface area contributed by atoms with Crippen LogP contribution in [-0.2, 0) is 6.54 Å². The molecule has 0 amide bonds. The molecule has 3 aromatic heterocycles. The van der Waals surface area contributed by atoms with Gasteiger partial charge in [-0.25, -0.2) is 9.97 Å². The van der Waals surface area contributed by atoms with E-state index in [2.05, 4.69) is 9.97 Å². The van der Waals surface area contributed by atoms with E-state index in [0.29, 0.717) is 29.0 Å². The summed E-state index contributed by atoms with van der Waals surface area (Å²) in [5.74, 6) is 0.577. The van der Waals surface area contributed by atoms with Crippen molar-refractivity contribution >= 4 is 22.2 Å². The Kier molecular flexibility index (Phi) is 3.31. The van der Waals surface area contributed by atoms with E-state index >= 15 is 0 Å². The largest absolute Gasteiger partial charge is 0.443 e. The average Bonchev–Trinajstić information content (AvgIpc) is 3.22. The molecule has 0 fully saturated rings. The minimum atomic E-state index is -0.0700. The number of hydrogen-bond acceptors (Lipinski definition) is 5. The normalized spacial score (nSPS) is 11.2. The fourth-order valence-corrected chi connectivity index (χ4v) is 3.11. The Labute approximate surface area is 135 Å². The maximum atomic E-state index is 12.6. The zero-order chi connectivity index (χ0) is 15.8. The second-order valence-electron chi connectivity index (χ2n) is 5.32. The van der Waals surface area contributed by atoms with Crippen molar-refractivity contribution in [3.8, 4) is 10.8 Å².